The van der Waals surface area contributed by atoms with E-state index in [0.29, 0.717) is 0 Å². The highest BCUT2D eigenvalue weighted by Gasteiger charge is 2.20. The molecule has 1 heterocycles. The molecule has 1 saturated carbocycles. The van der Waals surface area contributed by atoms with Crippen molar-refractivity contribution in [3.8, 4) is 0 Å². The standard InChI is InChI=1S/C16H18ClNOS/c17-16-4-2-1-3-12(16)10-20-11-15-8-7-14(19-15)9-18-13-5-6-13/h1-4,7-8,13,18H,5-6,9-11H2. The van der Waals surface area contributed by atoms with Gasteiger partial charge in [-0.15, -0.1) is 11.8 Å². The quantitative estimate of drug-likeness (QED) is 0.808. The topological polar surface area (TPSA) is 25.2 Å². The molecule has 1 N–H and O–H groups in total. The van der Waals surface area contributed by atoms with E-state index in [2.05, 4.69) is 23.5 Å². The van der Waals surface area contributed by atoms with Crippen molar-refractivity contribution in [2.75, 3.05) is 0 Å². The van der Waals surface area contributed by atoms with Gasteiger partial charge in [0.05, 0.1) is 12.3 Å². The summed E-state index contributed by atoms with van der Waals surface area (Å²) in [6.45, 7) is 0.847. The Hall–Kier alpha value is -0.900. The van der Waals surface area contributed by atoms with Gasteiger partial charge in [0, 0.05) is 16.8 Å². The summed E-state index contributed by atoms with van der Waals surface area (Å²) >= 11 is 7.97. The van der Waals surface area contributed by atoms with E-state index in [1.165, 1.54) is 18.4 Å². The summed E-state index contributed by atoms with van der Waals surface area (Å²) in [4.78, 5) is 0. The maximum atomic E-state index is 6.14. The molecule has 0 spiro atoms. The zero-order chi connectivity index (χ0) is 13.8. The summed E-state index contributed by atoms with van der Waals surface area (Å²) in [5.41, 5.74) is 1.18. The number of halogens is 1. The maximum absolute atomic E-state index is 6.14. The van der Waals surface area contributed by atoms with Gasteiger partial charge in [-0.25, -0.2) is 0 Å². The predicted molar refractivity (Wildman–Crippen MR) is 85.0 cm³/mol. The van der Waals surface area contributed by atoms with Gasteiger partial charge < -0.3 is 9.73 Å². The third kappa shape index (κ3) is 4.05. The second-order valence-corrected chi connectivity index (χ2v) is 6.50. The monoisotopic (exact) mass is 307 g/mol. The fraction of sp³-hybridized carbons (Fsp3) is 0.375. The Balaban J connectivity index is 1.45. The lowest BCUT2D eigenvalue weighted by Crippen LogP contribution is -2.14. The zero-order valence-electron chi connectivity index (χ0n) is 11.3. The van der Waals surface area contributed by atoms with E-state index in [1.54, 1.807) is 0 Å². The largest absolute Gasteiger partial charge is 0.464 e. The molecule has 1 aromatic carbocycles. The smallest absolute Gasteiger partial charge is 0.118 e. The lowest BCUT2D eigenvalue weighted by atomic mass is 10.2. The molecule has 2 aromatic rings. The first kappa shape index (κ1) is 14.1. The average Bonchev–Trinajstić information content (AvgIpc) is 3.18. The van der Waals surface area contributed by atoms with Crippen LogP contribution in [0.2, 0.25) is 5.02 Å². The van der Waals surface area contributed by atoms with E-state index in [-0.39, 0.29) is 0 Å². The Labute approximate surface area is 128 Å². The van der Waals surface area contributed by atoms with Crippen molar-refractivity contribution in [1.29, 1.82) is 0 Å². The van der Waals surface area contributed by atoms with E-state index in [9.17, 15) is 0 Å². The van der Waals surface area contributed by atoms with Crippen molar-refractivity contribution >= 4 is 23.4 Å². The summed E-state index contributed by atoms with van der Waals surface area (Å²) in [6.07, 6.45) is 2.61. The lowest BCUT2D eigenvalue weighted by Gasteiger charge is -2.03. The molecule has 2 nitrogen and oxygen atoms in total. The molecule has 4 heteroatoms. The minimum absolute atomic E-state index is 0.721. The molecule has 0 saturated heterocycles. The Morgan fingerprint density at radius 1 is 1.10 bits per heavy atom. The molecule has 20 heavy (non-hydrogen) atoms. The van der Waals surface area contributed by atoms with Gasteiger partial charge in [0.15, 0.2) is 0 Å². The predicted octanol–water partition coefficient (Wildman–Crippen LogP) is 4.62. The Bertz CT molecular complexity index is 565. The van der Waals surface area contributed by atoms with E-state index < -0.39 is 0 Å². The highest BCUT2D eigenvalue weighted by Crippen LogP contribution is 2.24. The number of furan rings is 1. The molecule has 0 bridgehead atoms. The molecule has 0 amide bonds. The summed E-state index contributed by atoms with van der Waals surface area (Å²) in [6, 6.07) is 12.9. The molecule has 1 aliphatic carbocycles. The summed E-state index contributed by atoms with van der Waals surface area (Å²) < 4.78 is 5.81. The molecule has 0 radical (unpaired) electrons. The van der Waals surface area contributed by atoms with Gasteiger partial charge in [0.1, 0.15) is 11.5 Å². The molecule has 0 unspecified atom stereocenters. The molecule has 0 aliphatic heterocycles. The van der Waals surface area contributed by atoms with E-state index in [4.69, 9.17) is 16.0 Å². The molecule has 1 aliphatic rings. The number of rotatable bonds is 7. The van der Waals surface area contributed by atoms with Crippen LogP contribution >= 0.6 is 23.4 Å². The molecule has 1 fully saturated rings. The Morgan fingerprint density at radius 3 is 2.70 bits per heavy atom. The minimum Gasteiger partial charge on any atom is -0.464 e. The zero-order valence-corrected chi connectivity index (χ0v) is 12.8. The van der Waals surface area contributed by atoms with Crippen LogP contribution in [0.5, 0.6) is 0 Å². The van der Waals surface area contributed by atoms with Gasteiger partial charge in [-0.05, 0) is 36.6 Å². The van der Waals surface area contributed by atoms with Gasteiger partial charge in [-0.2, -0.15) is 0 Å². The molecule has 106 valence electrons. The fourth-order valence-electron chi connectivity index (χ4n) is 2.00. The van der Waals surface area contributed by atoms with Crippen LogP contribution in [0.1, 0.15) is 29.9 Å². The number of hydrogen-bond acceptors (Lipinski definition) is 3. The Morgan fingerprint density at radius 2 is 1.90 bits per heavy atom. The second kappa shape index (κ2) is 6.70. The number of hydrogen-bond donors (Lipinski definition) is 1. The number of nitrogens with one attached hydrogen (secondary N) is 1. The van der Waals surface area contributed by atoms with Gasteiger partial charge in [-0.1, -0.05) is 29.8 Å². The SMILES string of the molecule is Clc1ccccc1CSCc1ccc(CNC2CC2)o1. The van der Waals surface area contributed by atoms with Crippen molar-refractivity contribution in [2.45, 2.75) is 36.9 Å². The third-order valence-electron chi connectivity index (χ3n) is 3.32. The first-order valence-electron chi connectivity index (χ1n) is 6.93. The minimum atomic E-state index is 0.721. The van der Waals surface area contributed by atoms with Crippen LogP contribution in [0.3, 0.4) is 0 Å². The first-order chi connectivity index (χ1) is 9.81. The summed E-state index contributed by atoms with van der Waals surface area (Å²) in [7, 11) is 0. The van der Waals surface area contributed by atoms with Crippen molar-refractivity contribution in [3.63, 3.8) is 0 Å². The van der Waals surface area contributed by atoms with Crippen molar-refractivity contribution < 1.29 is 4.42 Å². The van der Waals surface area contributed by atoms with Crippen molar-refractivity contribution in [2.24, 2.45) is 0 Å². The summed E-state index contributed by atoms with van der Waals surface area (Å²) in [5.74, 6) is 3.87. The van der Waals surface area contributed by atoms with Crippen molar-refractivity contribution in [1.82, 2.24) is 5.32 Å². The molecular weight excluding hydrogens is 290 g/mol. The summed E-state index contributed by atoms with van der Waals surface area (Å²) in [5, 5.41) is 4.30. The van der Waals surface area contributed by atoms with Crippen LogP contribution in [0.4, 0.5) is 0 Å². The van der Waals surface area contributed by atoms with E-state index >= 15 is 0 Å². The highest BCUT2D eigenvalue weighted by molar-refractivity contribution is 7.97. The fourth-order valence-corrected chi connectivity index (χ4v) is 3.22. The maximum Gasteiger partial charge on any atom is 0.118 e. The molecular formula is C16H18ClNOS. The molecule has 3 rings (SSSR count). The van der Waals surface area contributed by atoms with Gasteiger partial charge in [0.25, 0.3) is 0 Å². The van der Waals surface area contributed by atoms with Gasteiger partial charge in [0.2, 0.25) is 0 Å². The molecule has 1 aromatic heterocycles. The number of thioether (sulfide) groups is 1. The number of benzene rings is 1. The van der Waals surface area contributed by atoms with Crippen LogP contribution in [0.25, 0.3) is 0 Å². The Kier molecular flexibility index (Phi) is 4.71. The van der Waals surface area contributed by atoms with Crippen LogP contribution in [0.15, 0.2) is 40.8 Å². The lowest BCUT2D eigenvalue weighted by molar-refractivity contribution is 0.458. The first-order valence-corrected chi connectivity index (χ1v) is 8.46. The van der Waals surface area contributed by atoms with E-state index in [0.717, 1.165) is 40.6 Å². The van der Waals surface area contributed by atoms with Crippen LogP contribution < -0.4 is 5.32 Å². The van der Waals surface area contributed by atoms with Gasteiger partial charge >= 0.3 is 0 Å². The van der Waals surface area contributed by atoms with Crippen LogP contribution in [-0.2, 0) is 18.1 Å². The van der Waals surface area contributed by atoms with Gasteiger partial charge in [-0.3, -0.25) is 0 Å². The average molecular weight is 308 g/mol. The van der Waals surface area contributed by atoms with Crippen molar-refractivity contribution in [3.05, 3.63) is 58.5 Å². The second-order valence-electron chi connectivity index (χ2n) is 5.11. The van der Waals surface area contributed by atoms with Crippen LogP contribution in [-0.4, -0.2) is 6.04 Å². The highest BCUT2D eigenvalue weighted by atomic mass is 35.5. The third-order valence-corrected chi connectivity index (χ3v) is 4.69. The van der Waals surface area contributed by atoms with Crippen LogP contribution in [0, 0.1) is 0 Å². The molecule has 0 atom stereocenters. The normalized spacial score (nSPS) is 14.7. The van der Waals surface area contributed by atoms with E-state index in [1.807, 2.05) is 30.0 Å².